The van der Waals surface area contributed by atoms with Gasteiger partial charge in [-0.15, -0.1) is 0 Å². The minimum absolute atomic E-state index is 0.256. The van der Waals surface area contributed by atoms with Crippen molar-refractivity contribution in [2.24, 2.45) is 0 Å². The summed E-state index contributed by atoms with van der Waals surface area (Å²) in [7, 11) is 0. The van der Waals surface area contributed by atoms with Gasteiger partial charge in [0.2, 0.25) is 0 Å². The highest BCUT2D eigenvalue weighted by molar-refractivity contribution is 5.93. The monoisotopic (exact) mass is 335 g/mol. The summed E-state index contributed by atoms with van der Waals surface area (Å²) in [5.41, 5.74) is 2.40. The number of benzene rings is 2. The van der Waals surface area contributed by atoms with Gasteiger partial charge in [0.05, 0.1) is 5.69 Å². The first-order valence-electron chi connectivity index (χ1n) is 8.02. The van der Waals surface area contributed by atoms with Crippen molar-refractivity contribution >= 4 is 17.3 Å². The fourth-order valence-corrected chi connectivity index (χ4v) is 2.41. The second-order valence-corrected chi connectivity index (χ2v) is 5.53. The van der Waals surface area contributed by atoms with E-state index in [-0.39, 0.29) is 17.4 Å². The number of carbonyl (C=O) groups excluding carboxylic acids is 1. The zero-order chi connectivity index (χ0) is 17.5. The van der Waals surface area contributed by atoms with Gasteiger partial charge in [0, 0.05) is 18.4 Å². The number of aromatic nitrogens is 1. The second-order valence-electron chi connectivity index (χ2n) is 5.53. The summed E-state index contributed by atoms with van der Waals surface area (Å²) in [4.78, 5) is 16.3. The molecule has 1 heterocycles. The van der Waals surface area contributed by atoms with Crippen LogP contribution in [0.25, 0.3) is 0 Å². The average molecular weight is 335 g/mol. The first-order chi connectivity index (χ1) is 12.2. The molecule has 126 valence electrons. The number of para-hydroxylation sites is 1. The van der Waals surface area contributed by atoms with Crippen LogP contribution in [0.4, 0.5) is 15.8 Å². The predicted octanol–water partition coefficient (Wildman–Crippen LogP) is 3.94. The van der Waals surface area contributed by atoms with Crippen LogP contribution in [0.1, 0.15) is 16.1 Å². The lowest BCUT2D eigenvalue weighted by molar-refractivity contribution is 0.0949. The van der Waals surface area contributed by atoms with Crippen molar-refractivity contribution in [2.45, 2.75) is 6.42 Å². The standard InChI is InChI=1S/C20H18FN3O/c21-17-8-4-5-9-18(17)24-16-11-13-22-19(14-16)20(25)23-12-10-15-6-2-1-3-7-15/h1-9,11,13-14H,10,12H2,(H,22,24)(H,23,25). The van der Waals surface area contributed by atoms with Crippen LogP contribution < -0.4 is 10.6 Å². The molecule has 0 aliphatic rings. The maximum atomic E-state index is 13.7. The van der Waals surface area contributed by atoms with Gasteiger partial charge in [0.25, 0.3) is 5.91 Å². The van der Waals surface area contributed by atoms with Gasteiger partial charge in [-0.2, -0.15) is 0 Å². The Morgan fingerprint density at radius 2 is 1.76 bits per heavy atom. The van der Waals surface area contributed by atoms with Crippen molar-refractivity contribution < 1.29 is 9.18 Å². The smallest absolute Gasteiger partial charge is 0.269 e. The molecule has 0 aliphatic heterocycles. The molecular weight excluding hydrogens is 317 g/mol. The molecule has 4 nitrogen and oxygen atoms in total. The van der Waals surface area contributed by atoms with E-state index in [2.05, 4.69) is 15.6 Å². The molecule has 3 rings (SSSR count). The minimum atomic E-state index is -0.354. The van der Waals surface area contributed by atoms with Crippen molar-refractivity contribution in [3.05, 3.63) is 90.0 Å². The van der Waals surface area contributed by atoms with Crippen LogP contribution in [-0.2, 0) is 6.42 Å². The third-order valence-corrected chi connectivity index (χ3v) is 3.69. The van der Waals surface area contributed by atoms with E-state index in [1.165, 1.54) is 12.3 Å². The zero-order valence-electron chi connectivity index (χ0n) is 13.6. The highest BCUT2D eigenvalue weighted by atomic mass is 19.1. The van der Waals surface area contributed by atoms with Crippen LogP contribution in [0.3, 0.4) is 0 Å². The molecule has 0 unspecified atom stereocenters. The molecule has 25 heavy (non-hydrogen) atoms. The number of anilines is 2. The van der Waals surface area contributed by atoms with Crippen LogP contribution in [0.15, 0.2) is 72.9 Å². The normalized spacial score (nSPS) is 10.3. The lowest BCUT2D eigenvalue weighted by Gasteiger charge is -2.09. The second kappa shape index (κ2) is 8.06. The molecule has 3 aromatic rings. The fourth-order valence-electron chi connectivity index (χ4n) is 2.41. The summed E-state index contributed by atoms with van der Waals surface area (Å²) >= 11 is 0. The molecule has 0 spiro atoms. The Kier molecular flexibility index (Phi) is 5.36. The number of nitrogens with one attached hydrogen (secondary N) is 2. The Balaban J connectivity index is 1.60. The lowest BCUT2D eigenvalue weighted by atomic mass is 10.1. The summed E-state index contributed by atoms with van der Waals surface area (Å²) in [5, 5.41) is 5.80. The fraction of sp³-hybridized carbons (Fsp3) is 0.100. The van der Waals surface area contributed by atoms with Crippen LogP contribution in [0.5, 0.6) is 0 Å². The molecular formula is C20H18FN3O. The van der Waals surface area contributed by atoms with Gasteiger partial charge in [-0.3, -0.25) is 9.78 Å². The van der Waals surface area contributed by atoms with E-state index in [0.717, 1.165) is 12.0 Å². The van der Waals surface area contributed by atoms with E-state index < -0.39 is 0 Å². The molecule has 2 N–H and O–H groups in total. The number of hydrogen-bond donors (Lipinski definition) is 2. The topological polar surface area (TPSA) is 54.0 Å². The SMILES string of the molecule is O=C(NCCc1ccccc1)c1cc(Nc2ccccc2F)ccn1. The Hall–Kier alpha value is -3.21. The van der Waals surface area contributed by atoms with Crippen LogP contribution in [0, 0.1) is 5.82 Å². The van der Waals surface area contributed by atoms with Gasteiger partial charge in [0.15, 0.2) is 0 Å². The number of halogens is 1. The van der Waals surface area contributed by atoms with E-state index in [4.69, 9.17) is 0 Å². The van der Waals surface area contributed by atoms with Gasteiger partial charge in [0.1, 0.15) is 11.5 Å². The van der Waals surface area contributed by atoms with Crippen LogP contribution >= 0.6 is 0 Å². The largest absolute Gasteiger partial charge is 0.353 e. The molecule has 0 aliphatic carbocycles. The predicted molar refractivity (Wildman–Crippen MR) is 96.4 cm³/mol. The van der Waals surface area contributed by atoms with E-state index >= 15 is 0 Å². The number of rotatable bonds is 6. The minimum Gasteiger partial charge on any atom is -0.353 e. The van der Waals surface area contributed by atoms with E-state index in [9.17, 15) is 9.18 Å². The van der Waals surface area contributed by atoms with Crippen molar-refractivity contribution in [2.75, 3.05) is 11.9 Å². The van der Waals surface area contributed by atoms with Gasteiger partial charge in [-0.05, 0) is 36.2 Å². The van der Waals surface area contributed by atoms with Crippen molar-refractivity contribution in [1.29, 1.82) is 0 Å². The molecule has 0 atom stereocenters. The number of pyridine rings is 1. The molecule has 0 saturated carbocycles. The first-order valence-corrected chi connectivity index (χ1v) is 8.02. The first kappa shape index (κ1) is 16.6. The number of hydrogen-bond acceptors (Lipinski definition) is 3. The van der Waals surface area contributed by atoms with Gasteiger partial charge in [-0.1, -0.05) is 42.5 Å². The number of amides is 1. The third-order valence-electron chi connectivity index (χ3n) is 3.69. The Labute approximate surface area is 145 Å². The summed E-state index contributed by atoms with van der Waals surface area (Å²) in [5.74, 6) is -0.610. The Morgan fingerprint density at radius 1 is 1.00 bits per heavy atom. The van der Waals surface area contributed by atoms with Gasteiger partial charge < -0.3 is 10.6 Å². The molecule has 0 bridgehead atoms. The Morgan fingerprint density at radius 3 is 2.56 bits per heavy atom. The summed E-state index contributed by atoms with van der Waals surface area (Å²) < 4.78 is 13.7. The quantitative estimate of drug-likeness (QED) is 0.717. The molecule has 2 aromatic carbocycles. The molecule has 0 fully saturated rings. The Bertz CT molecular complexity index is 852. The summed E-state index contributed by atoms with van der Waals surface area (Å²) in [6, 6.07) is 19.6. The van der Waals surface area contributed by atoms with E-state index in [1.54, 1.807) is 30.3 Å². The van der Waals surface area contributed by atoms with Gasteiger partial charge in [-0.25, -0.2) is 4.39 Å². The van der Waals surface area contributed by atoms with Crippen LogP contribution in [0.2, 0.25) is 0 Å². The molecule has 0 saturated heterocycles. The molecule has 0 radical (unpaired) electrons. The summed E-state index contributed by atoms with van der Waals surface area (Å²) in [6.07, 6.45) is 2.27. The van der Waals surface area contributed by atoms with E-state index in [0.29, 0.717) is 17.9 Å². The maximum absolute atomic E-state index is 13.7. The van der Waals surface area contributed by atoms with E-state index in [1.807, 2.05) is 30.3 Å². The molecule has 1 aromatic heterocycles. The highest BCUT2D eigenvalue weighted by Crippen LogP contribution is 2.19. The van der Waals surface area contributed by atoms with Gasteiger partial charge >= 0.3 is 0 Å². The van der Waals surface area contributed by atoms with Crippen molar-refractivity contribution in [3.63, 3.8) is 0 Å². The summed E-state index contributed by atoms with van der Waals surface area (Å²) in [6.45, 7) is 0.523. The lowest BCUT2D eigenvalue weighted by Crippen LogP contribution is -2.26. The number of carbonyl (C=O) groups is 1. The van der Waals surface area contributed by atoms with Crippen molar-refractivity contribution in [1.82, 2.24) is 10.3 Å². The zero-order valence-corrected chi connectivity index (χ0v) is 13.6. The highest BCUT2D eigenvalue weighted by Gasteiger charge is 2.08. The maximum Gasteiger partial charge on any atom is 0.269 e. The number of nitrogens with zero attached hydrogens (tertiary/aromatic N) is 1. The van der Waals surface area contributed by atoms with Crippen LogP contribution in [-0.4, -0.2) is 17.4 Å². The van der Waals surface area contributed by atoms with Crippen molar-refractivity contribution in [3.8, 4) is 0 Å². The average Bonchev–Trinajstić information content (AvgIpc) is 2.65. The molecule has 5 heteroatoms. The molecule has 1 amide bonds. The third kappa shape index (κ3) is 4.64.